The van der Waals surface area contributed by atoms with E-state index in [0.717, 1.165) is 47.5 Å². The molecular formula is C33H43F2N3O. The fraction of sp³-hybridized carbons (Fsp3) is 0.576. The molecule has 1 aromatic heterocycles. The van der Waals surface area contributed by atoms with Crippen LogP contribution in [0.5, 0.6) is 5.75 Å². The summed E-state index contributed by atoms with van der Waals surface area (Å²) in [7, 11) is 1.73. The number of rotatable bonds is 10. The molecule has 0 amide bonds. The van der Waals surface area contributed by atoms with Gasteiger partial charge in [-0.1, -0.05) is 57.8 Å². The van der Waals surface area contributed by atoms with Crippen molar-refractivity contribution >= 4 is 11.1 Å². The Labute approximate surface area is 233 Å². The number of nitrogens with one attached hydrogen (secondary N) is 1. The van der Waals surface area contributed by atoms with Gasteiger partial charge in [0.1, 0.15) is 19.1 Å². The molecule has 1 aromatic carbocycles. The number of methoxy groups -OCH3 is 1. The summed E-state index contributed by atoms with van der Waals surface area (Å²) < 4.78 is 31.3. The molecule has 4 rings (SSSR count). The minimum absolute atomic E-state index is 0.364. The highest BCUT2D eigenvalue weighted by Crippen LogP contribution is 2.49. The number of benzene rings is 1. The highest BCUT2D eigenvalue weighted by Gasteiger charge is 2.35. The molecule has 0 spiro atoms. The Morgan fingerprint density at radius 1 is 1.10 bits per heavy atom. The number of aromatic nitrogens is 2. The first kappa shape index (κ1) is 29.2. The number of hydrogen-bond acceptors (Lipinski definition) is 4. The van der Waals surface area contributed by atoms with E-state index in [1.807, 2.05) is 18.5 Å². The quantitative estimate of drug-likeness (QED) is 0.323. The third-order valence-corrected chi connectivity index (χ3v) is 8.44. The summed E-state index contributed by atoms with van der Waals surface area (Å²) in [5.41, 5.74) is 5.58. The molecule has 2 atom stereocenters. The van der Waals surface area contributed by atoms with Crippen molar-refractivity contribution in [3.05, 3.63) is 53.1 Å². The summed E-state index contributed by atoms with van der Waals surface area (Å²) in [6.07, 6.45) is 13.5. The van der Waals surface area contributed by atoms with Gasteiger partial charge in [-0.3, -0.25) is 0 Å². The van der Waals surface area contributed by atoms with Crippen molar-refractivity contribution < 1.29 is 13.5 Å². The molecule has 4 nitrogen and oxygen atoms in total. The van der Waals surface area contributed by atoms with Crippen LogP contribution in [-0.4, -0.2) is 43.0 Å². The van der Waals surface area contributed by atoms with Gasteiger partial charge in [-0.05, 0) is 78.5 Å². The molecule has 1 heterocycles. The predicted molar refractivity (Wildman–Crippen MR) is 155 cm³/mol. The Balaban J connectivity index is 1.74. The average molecular weight is 536 g/mol. The highest BCUT2D eigenvalue weighted by molar-refractivity contribution is 5.98. The lowest BCUT2D eigenvalue weighted by Gasteiger charge is -2.34. The maximum absolute atomic E-state index is 12.8. The van der Waals surface area contributed by atoms with Crippen molar-refractivity contribution in [2.45, 2.75) is 83.6 Å². The van der Waals surface area contributed by atoms with Crippen molar-refractivity contribution in [1.29, 1.82) is 0 Å². The van der Waals surface area contributed by atoms with E-state index < -0.39 is 19.4 Å². The van der Waals surface area contributed by atoms with Crippen molar-refractivity contribution in [1.82, 2.24) is 15.3 Å². The molecule has 6 heteroatoms. The third kappa shape index (κ3) is 7.25. The molecule has 2 unspecified atom stereocenters. The van der Waals surface area contributed by atoms with Gasteiger partial charge >= 0.3 is 0 Å². The number of allylic oxidation sites excluding steroid dienone is 2. The summed E-state index contributed by atoms with van der Waals surface area (Å²) in [5, 5.41) is 2.91. The van der Waals surface area contributed by atoms with Gasteiger partial charge in [0.05, 0.1) is 13.2 Å². The Bertz CT molecular complexity index is 1160. The Kier molecular flexibility index (Phi) is 10.9. The highest BCUT2D eigenvalue weighted by atomic mass is 19.1. The summed E-state index contributed by atoms with van der Waals surface area (Å²) in [6, 6.07) is 5.66. The molecule has 0 radical (unpaired) electrons. The number of nitrogens with zero attached hydrogens (tertiary/aromatic N) is 2. The molecule has 2 aliphatic rings. The smallest absolute Gasteiger partial charge is 0.156 e. The van der Waals surface area contributed by atoms with Gasteiger partial charge in [-0.25, -0.2) is 18.7 Å². The summed E-state index contributed by atoms with van der Waals surface area (Å²) in [4.78, 5) is 9.67. The van der Waals surface area contributed by atoms with Crippen LogP contribution in [0.15, 0.2) is 30.6 Å². The Morgan fingerprint density at radius 3 is 2.51 bits per heavy atom. The van der Waals surface area contributed by atoms with Crippen molar-refractivity contribution in [2.24, 2.45) is 11.8 Å². The van der Waals surface area contributed by atoms with Crippen LogP contribution in [0.25, 0.3) is 11.1 Å². The van der Waals surface area contributed by atoms with Crippen LogP contribution >= 0.6 is 0 Å². The van der Waals surface area contributed by atoms with Gasteiger partial charge in [0, 0.05) is 30.0 Å². The lowest BCUT2D eigenvalue weighted by molar-refractivity contribution is 0.225. The van der Waals surface area contributed by atoms with E-state index in [4.69, 9.17) is 14.7 Å². The van der Waals surface area contributed by atoms with Gasteiger partial charge in [-0.15, -0.1) is 0 Å². The fourth-order valence-corrected chi connectivity index (χ4v) is 6.15. The van der Waals surface area contributed by atoms with Crippen molar-refractivity contribution in [3.63, 3.8) is 0 Å². The monoisotopic (exact) mass is 535 g/mol. The second kappa shape index (κ2) is 14.6. The molecule has 0 aliphatic heterocycles. The van der Waals surface area contributed by atoms with Gasteiger partial charge < -0.3 is 10.1 Å². The topological polar surface area (TPSA) is 47.0 Å². The number of ether oxygens (including phenoxy) is 1. The van der Waals surface area contributed by atoms with Gasteiger partial charge in [-0.2, -0.15) is 0 Å². The number of unbranched alkanes of at least 4 members (excludes halogenated alkanes) is 1. The first-order chi connectivity index (χ1) is 19.1. The van der Waals surface area contributed by atoms with Crippen molar-refractivity contribution in [3.8, 4) is 17.6 Å². The standard InChI is InChI=1S/C33H43F2N3O/c1-4-5-7-12-28-29-14-13-27(39-3)17-31(29)23(2)30(25-10-8-6-9-11-25)18-32(28)33-37-21-24(22-38-33)15-16-36-26(19-34)20-35/h13-14,17,21-23,25-26,30,36H,4-6,8-11,15-16,18-20H2,1-3H3. The first-order valence-corrected chi connectivity index (χ1v) is 14.7. The normalized spacial score (nSPS) is 19.8. The first-order valence-electron chi connectivity index (χ1n) is 14.7. The molecule has 1 fully saturated rings. The minimum Gasteiger partial charge on any atom is -0.497 e. The number of halogens is 2. The van der Waals surface area contributed by atoms with E-state index in [1.54, 1.807) is 7.11 Å². The molecule has 1 saturated carbocycles. The summed E-state index contributed by atoms with van der Waals surface area (Å²) >= 11 is 0. The number of alkyl halides is 2. The molecular weight excluding hydrogens is 492 g/mol. The number of fused-ring (bicyclic) bond motifs is 1. The van der Waals surface area contributed by atoms with Crippen LogP contribution in [0.3, 0.4) is 0 Å². The van der Waals surface area contributed by atoms with E-state index >= 15 is 0 Å². The van der Waals surface area contributed by atoms with Crippen LogP contribution in [-0.2, 0) is 6.42 Å². The maximum Gasteiger partial charge on any atom is 0.156 e. The van der Waals surface area contributed by atoms with Crippen LogP contribution in [0.1, 0.15) is 93.6 Å². The molecule has 1 N–H and O–H groups in total. The van der Waals surface area contributed by atoms with E-state index in [0.29, 0.717) is 30.7 Å². The zero-order valence-corrected chi connectivity index (χ0v) is 23.7. The maximum atomic E-state index is 12.8. The average Bonchev–Trinajstić information content (AvgIpc) is 3.10. The predicted octanol–water partition coefficient (Wildman–Crippen LogP) is 7.34. The molecule has 0 saturated heterocycles. The summed E-state index contributed by atoms with van der Waals surface area (Å²) in [6.45, 7) is 3.58. The second-order valence-corrected chi connectivity index (χ2v) is 11.0. The largest absolute Gasteiger partial charge is 0.497 e. The van der Waals surface area contributed by atoms with E-state index in [9.17, 15) is 8.78 Å². The van der Waals surface area contributed by atoms with Crippen LogP contribution in [0, 0.1) is 23.7 Å². The van der Waals surface area contributed by atoms with E-state index in [1.165, 1.54) is 43.2 Å². The van der Waals surface area contributed by atoms with Gasteiger partial charge in [0.25, 0.3) is 0 Å². The third-order valence-electron chi connectivity index (χ3n) is 8.44. The number of hydrogen-bond donors (Lipinski definition) is 1. The molecule has 39 heavy (non-hydrogen) atoms. The lowest BCUT2D eigenvalue weighted by atomic mass is 9.71. The zero-order valence-electron chi connectivity index (χ0n) is 23.7. The lowest BCUT2D eigenvalue weighted by Crippen LogP contribution is -2.34. The molecule has 2 aliphatic carbocycles. The van der Waals surface area contributed by atoms with E-state index in [2.05, 4.69) is 43.1 Å². The summed E-state index contributed by atoms with van der Waals surface area (Å²) in [5.74, 6) is 10.1. The van der Waals surface area contributed by atoms with Gasteiger partial charge in [0.15, 0.2) is 5.82 Å². The second-order valence-electron chi connectivity index (χ2n) is 11.0. The van der Waals surface area contributed by atoms with Crippen molar-refractivity contribution in [2.75, 3.05) is 27.0 Å². The molecule has 210 valence electrons. The molecule has 0 bridgehead atoms. The van der Waals surface area contributed by atoms with Crippen LogP contribution < -0.4 is 10.1 Å². The Hall–Kier alpha value is -2.78. The van der Waals surface area contributed by atoms with Crippen LogP contribution in [0.2, 0.25) is 0 Å². The van der Waals surface area contributed by atoms with Crippen LogP contribution in [0.4, 0.5) is 8.78 Å². The van der Waals surface area contributed by atoms with Gasteiger partial charge in [0.2, 0.25) is 0 Å². The molecule has 2 aromatic rings. The SMILES string of the molecule is CCCC#CC1=C(c2ncc(CCNC(CF)CF)cn2)CC(C2CCCCC2)C(C)c2cc(OC)ccc21. The zero-order chi connectivity index (χ0) is 27.6. The Morgan fingerprint density at radius 2 is 1.85 bits per heavy atom. The minimum atomic E-state index is -0.747. The van der Waals surface area contributed by atoms with E-state index in [-0.39, 0.29) is 0 Å². The fourth-order valence-electron chi connectivity index (χ4n) is 6.15.